The van der Waals surface area contributed by atoms with Gasteiger partial charge >= 0.3 is 13.5 Å². The highest BCUT2D eigenvalue weighted by atomic mass is 35.5. The van der Waals surface area contributed by atoms with Crippen molar-refractivity contribution in [3.8, 4) is 0 Å². The summed E-state index contributed by atoms with van der Waals surface area (Å²) in [5.41, 5.74) is -1.02. The Balaban J connectivity index is 2.18. The minimum atomic E-state index is -1.56. The number of rotatable bonds is 8. The molecule has 10 heteroatoms. The molecule has 0 bridgehead atoms. The van der Waals surface area contributed by atoms with Crippen molar-refractivity contribution in [2.75, 3.05) is 5.32 Å². The Kier molecular flexibility index (Phi) is 8.04. The number of amides is 1. The van der Waals surface area contributed by atoms with Crippen LogP contribution >= 0.6 is 11.6 Å². The van der Waals surface area contributed by atoms with E-state index in [0.29, 0.717) is 11.5 Å². The van der Waals surface area contributed by atoms with Crippen LogP contribution < -0.4 is 10.8 Å². The minimum absolute atomic E-state index is 0.153. The fourth-order valence-electron chi connectivity index (χ4n) is 2.43. The Morgan fingerprint density at radius 3 is 2.19 bits per heavy atom. The van der Waals surface area contributed by atoms with E-state index in [0.717, 1.165) is 19.1 Å². The molecule has 1 unspecified atom stereocenters. The van der Waals surface area contributed by atoms with E-state index in [1.54, 1.807) is 33.8 Å². The molecular formula is C22H25BClF2NO5+. The third kappa shape index (κ3) is 6.75. The summed E-state index contributed by atoms with van der Waals surface area (Å²) in [6.45, 7) is 8.10. The number of carbonyl (C=O) groups is 2. The van der Waals surface area contributed by atoms with E-state index in [4.69, 9.17) is 26.1 Å². The van der Waals surface area contributed by atoms with E-state index in [-0.39, 0.29) is 16.3 Å². The lowest BCUT2D eigenvalue weighted by Crippen LogP contribution is -2.49. The van der Waals surface area contributed by atoms with Crippen molar-refractivity contribution in [3.63, 3.8) is 0 Å². The fourth-order valence-corrected chi connectivity index (χ4v) is 2.66. The first-order valence-electron chi connectivity index (χ1n) is 9.69. The highest BCUT2D eigenvalue weighted by Crippen LogP contribution is 2.26. The predicted octanol–water partition coefficient (Wildman–Crippen LogP) is 3.40. The summed E-state index contributed by atoms with van der Waals surface area (Å²) in [7, 11) is 1.43. The molecule has 2 aromatic carbocycles. The second-order valence-electron chi connectivity index (χ2n) is 8.29. The van der Waals surface area contributed by atoms with Gasteiger partial charge in [0.2, 0.25) is 6.10 Å². The predicted molar refractivity (Wildman–Crippen MR) is 119 cm³/mol. The molecule has 2 aromatic rings. The number of nitrogens with one attached hydrogen (secondary N) is 1. The van der Waals surface area contributed by atoms with E-state index in [9.17, 15) is 18.4 Å². The zero-order chi connectivity index (χ0) is 24.3. The quantitative estimate of drug-likeness (QED) is 0.366. The normalized spacial score (nSPS) is 12.8. The standard InChI is InChI=1S/C22H24BClF2NO5/c1-12(28)31-19(13-8-14(25)10-15(26)9-13)20(29)27-16-6-7-17(18(24)11-16)23-32-22(4,5)21(2,3)30/h6-11,19,30H,1-5H3,(H,27,29)/p+1. The topological polar surface area (TPSA) is 87.5 Å². The first-order valence-corrected chi connectivity index (χ1v) is 10.1. The fraction of sp³-hybridized carbons (Fsp3) is 0.364. The molecule has 1 amide bonds. The third-order valence-corrected chi connectivity index (χ3v) is 5.29. The maximum Gasteiger partial charge on any atom is 0.332 e. The number of hydrogen-bond donors (Lipinski definition) is 1. The Morgan fingerprint density at radius 2 is 1.69 bits per heavy atom. The van der Waals surface area contributed by atoms with Crippen molar-refractivity contribution >= 4 is 42.1 Å². The van der Waals surface area contributed by atoms with Crippen molar-refractivity contribution < 1.29 is 32.9 Å². The SMILES string of the molecule is CC(=O)OC(C(=O)Nc1ccc([B]OC(C)(C)C(C)(C)[OH2+])c(Cl)c1)c1cc(F)cc(F)c1. The molecule has 0 fully saturated rings. The number of ether oxygens (including phenoxy) is 1. The second kappa shape index (κ2) is 9.98. The van der Waals surface area contributed by atoms with Crippen LogP contribution in [-0.2, 0) is 19.0 Å². The summed E-state index contributed by atoms with van der Waals surface area (Å²) < 4.78 is 37.9. The highest BCUT2D eigenvalue weighted by Gasteiger charge is 2.40. The van der Waals surface area contributed by atoms with Crippen molar-refractivity contribution in [3.05, 3.63) is 58.6 Å². The summed E-state index contributed by atoms with van der Waals surface area (Å²) >= 11 is 6.28. The molecular weight excluding hydrogens is 443 g/mol. The average Bonchev–Trinajstić information content (AvgIpc) is 2.63. The molecule has 0 aromatic heterocycles. The number of halogens is 3. The van der Waals surface area contributed by atoms with Crippen LogP contribution in [0.4, 0.5) is 14.5 Å². The molecule has 1 atom stereocenters. The largest absolute Gasteiger partial charge is 0.447 e. The van der Waals surface area contributed by atoms with Gasteiger partial charge in [0.15, 0.2) is 5.60 Å². The Bertz CT molecular complexity index is 990. The van der Waals surface area contributed by atoms with Gasteiger partial charge in [-0.1, -0.05) is 17.7 Å². The molecule has 0 spiro atoms. The van der Waals surface area contributed by atoms with Crippen LogP contribution in [0.2, 0.25) is 5.02 Å². The van der Waals surface area contributed by atoms with E-state index >= 15 is 0 Å². The van der Waals surface area contributed by atoms with E-state index in [1.807, 2.05) is 0 Å². The molecule has 0 aliphatic rings. The van der Waals surface area contributed by atoms with Crippen molar-refractivity contribution in [2.45, 2.75) is 51.9 Å². The van der Waals surface area contributed by atoms with E-state index in [2.05, 4.69) is 5.32 Å². The first-order chi connectivity index (χ1) is 14.7. The number of carbonyl (C=O) groups excluding carboxylic acids is 2. The van der Waals surface area contributed by atoms with E-state index in [1.165, 1.54) is 19.6 Å². The van der Waals surface area contributed by atoms with Crippen LogP contribution in [0.1, 0.15) is 46.3 Å². The Morgan fingerprint density at radius 1 is 1.09 bits per heavy atom. The molecule has 0 heterocycles. The lowest BCUT2D eigenvalue weighted by Gasteiger charge is -2.33. The molecule has 171 valence electrons. The molecule has 2 rings (SSSR count). The van der Waals surface area contributed by atoms with Gasteiger partial charge in [0.05, 0.1) is 0 Å². The highest BCUT2D eigenvalue weighted by molar-refractivity contribution is 6.53. The molecule has 6 nitrogen and oxygen atoms in total. The Hall–Kier alpha value is -2.49. The first kappa shape index (κ1) is 25.8. The summed E-state index contributed by atoms with van der Waals surface area (Å²) in [6.07, 6.45) is -1.56. The molecule has 0 aliphatic carbocycles. The lowest BCUT2D eigenvalue weighted by atomic mass is 9.82. The minimum Gasteiger partial charge on any atom is -0.447 e. The van der Waals surface area contributed by atoms with Gasteiger partial charge in [-0.15, -0.1) is 0 Å². The zero-order valence-corrected chi connectivity index (χ0v) is 19.1. The molecule has 0 saturated heterocycles. The summed E-state index contributed by atoms with van der Waals surface area (Å²) in [5, 5.41) is 10.9. The van der Waals surface area contributed by atoms with Gasteiger partial charge in [0.1, 0.15) is 17.2 Å². The number of hydrogen-bond acceptors (Lipinski definition) is 4. The second-order valence-corrected chi connectivity index (χ2v) is 8.70. The van der Waals surface area contributed by atoms with Crippen LogP contribution in [-0.4, -0.2) is 35.7 Å². The third-order valence-electron chi connectivity index (χ3n) is 4.96. The van der Waals surface area contributed by atoms with Gasteiger partial charge in [-0.25, -0.2) is 8.78 Å². The number of benzene rings is 2. The van der Waals surface area contributed by atoms with E-state index < -0.39 is 40.8 Å². The van der Waals surface area contributed by atoms with Crippen molar-refractivity contribution in [1.82, 2.24) is 0 Å². The molecule has 1 radical (unpaired) electrons. The lowest BCUT2D eigenvalue weighted by molar-refractivity contribution is -0.152. The summed E-state index contributed by atoms with van der Waals surface area (Å²) in [4.78, 5) is 24.1. The van der Waals surface area contributed by atoms with Gasteiger partial charge in [-0.2, -0.15) is 0 Å². The van der Waals surface area contributed by atoms with Gasteiger partial charge in [-0.3, -0.25) is 9.59 Å². The molecule has 0 saturated carbocycles. The Labute approximate surface area is 191 Å². The van der Waals surface area contributed by atoms with Crippen LogP contribution in [0, 0.1) is 11.6 Å². The molecule has 3 N–H and O–H groups in total. The van der Waals surface area contributed by atoms with Gasteiger partial charge in [-0.05, 0) is 43.6 Å². The van der Waals surface area contributed by atoms with Gasteiger partial charge < -0.3 is 19.8 Å². The summed E-state index contributed by atoms with van der Waals surface area (Å²) in [5.74, 6) is -3.43. The van der Waals surface area contributed by atoms with Gasteiger partial charge in [0, 0.05) is 43.1 Å². The number of anilines is 1. The maximum atomic E-state index is 13.6. The van der Waals surface area contributed by atoms with Crippen LogP contribution in [0.3, 0.4) is 0 Å². The zero-order valence-electron chi connectivity index (χ0n) is 18.4. The molecule has 32 heavy (non-hydrogen) atoms. The van der Waals surface area contributed by atoms with Crippen LogP contribution in [0.25, 0.3) is 0 Å². The van der Waals surface area contributed by atoms with Crippen molar-refractivity contribution in [2.24, 2.45) is 0 Å². The maximum absolute atomic E-state index is 13.6. The monoisotopic (exact) mass is 467 g/mol. The average molecular weight is 468 g/mol. The number of esters is 1. The van der Waals surface area contributed by atoms with Crippen molar-refractivity contribution in [1.29, 1.82) is 0 Å². The smallest absolute Gasteiger partial charge is 0.332 e. The summed E-state index contributed by atoms with van der Waals surface area (Å²) in [6, 6.07) is 7.04. The van der Waals surface area contributed by atoms with Crippen LogP contribution in [0.15, 0.2) is 36.4 Å². The van der Waals surface area contributed by atoms with Crippen LogP contribution in [0.5, 0.6) is 0 Å². The molecule has 0 aliphatic heterocycles. The van der Waals surface area contributed by atoms with Gasteiger partial charge in [0.25, 0.3) is 5.91 Å².